The van der Waals surface area contributed by atoms with E-state index in [0.717, 1.165) is 6.92 Å². The number of hydrogen-bond acceptors (Lipinski definition) is 24. The second kappa shape index (κ2) is 48.0. The van der Waals surface area contributed by atoms with Gasteiger partial charge in [-0.3, -0.25) is 81.5 Å². The quantitative estimate of drug-likeness (QED) is 0.0269. The van der Waals surface area contributed by atoms with Crippen LogP contribution < -0.4 is 92.5 Å². The molecular weight excluding hydrogens is 1430 g/mol. The van der Waals surface area contributed by atoms with Crippen LogP contribution in [-0.4, -0.2) is 247 Å². The number of primary amides is 3. The summed E-state index contributed by atoms with van der Waals surface area (Å²) >= 11 is 1.19. The van der Waals surface area contributed by atoms with Gasteiger partial charge in [-0.25, -0.2) is 4.79 Å². The molecule has 0 aliphatic carbocycles. The summed E-state index contributed by atoms with van der Waals surface area (Å²) in [5.41, 5.74) is 27.5. The molecule has 0 unspecified atom stereocenters. The van der Waals surface area contributed by atoms with Gasteiger partial charge in [0.25, 0.3) is 0 Å². The SMILES string of the molecule is CSCC[C@H](NC(=O)[C@H](CCC(=O)O)NC(=O)[C@H](CC(C)C)NC(=O)[C@H](Cc1ccc(O)cc1)NC(=O)[C@@H](NC(=O)[C@@H](NC(=O)[C@H](CC(N)=O)NC(=O)[C@H](CCCCN)NC(=O)[C@H](CC(=O)O)NC(=O)[C@@H](N)CC(N)=O)[C@@H](C)O)C(C)C)C(=O)N[C@@H](CC(N)=O)C(=O)N[C@@H](CO)C(=O)N[C@@H](CC(C)C)C(=O)O. The van der Waals surface area contributed by atoms with Gasteiger partial charge in [-0.05, 0) is 106 Å². The zero-order valence-electron chi connectivity index (χ0n) is 60.8. The molecule has 0 heterocycles. The van der Waals surface area contributed by atoms with Crippen molar-refractivity contribution in [3.8, 4) is 5.75 Å². The third kappa shape index (κ3) is 36.5. The lowest BCUT2D eigenvalue weighted by Crippen LogP contribution is -2.63. The van der Waals surface area contributed by atoms with Gasteiger partial charge < -0.3 is 123 Å². The minimum absolute atomic E-state index is 0.0401. The minimum atomic E-state index is -2.03. The average molecular weight is 1540 g/mol. The lowest BCUT2D eigenvalue weighted by molar-refractivity contribution is -0.143. The number of unbranched alkanes of at least 4 members (excludes halogenated alkanes) is 1. The number of rotatable bonds is 52. The van der Waals surface area contributed by atoms with Gasteiger partial charge in [-0.2, -0.15) is 11.8 Å². The van der Waals surface area contributed by atoms with E-state index >= 15 is 0 Å². The second-order valence-electron chi connectivity index (χ2n) is 26.4. The number of carboxylic acids is 3. The Morgan fingerprint density at radius 1 is 0.421 bits per heavy atom. The lowest BCUT2D eigenvalue weighted by Gasteiger charge is -2.30. The van der Waals surface area contributed by atoms with Crippen molar-refractivity contribution in [3.63, 3.8) is 0 Å². The first-order valence-corrected chi connectivity index (χ1v) is 35.5. The van der Waals surface area contributed by atoms with Crippen LogP contribution in [0.4, 0.5) is 0 Å². The van der Waals surface area contributed by atoms with Gasteiger partial charge in [0.15, 0.2) is 0 Å². The Morgan fingerprint density at radius 3 is 1.23 bits per heavy atom. The van der Waals surface area contributed by atoms with E-state index in [1.165, 1.54) is 49.9 Å². The molecule has 41 nitrogen and oxygen atoms in total. The van der Waals surface area contributed by atoms with E-state index in [-0.39, 0.29) is 62.5 Å². The Hall–Kier alpha value is -10.3. The van der Waals surface area contributed by atoms with Crippen LogP contribution in [0.1, 0.15) is 131 Å². The van der Waals surface area contributed by atoms with E-state index in [4.69, 9.17) is 28.7 Å². The summed E-state index contributed by atoms with van der Waals surface area (Å²) in [7, 11) is 0. The summed E-state index contributed by atoms with van der Waals surface area (Å²) < 4.78 is 0. The van der Waals surface area contributed by atoms with Crippen molar-refractivity contribution in [2.24, 2.45) is 46.4 Å². The van der Waals surface area contributed by atoms with Crippen LogP contribution in [0.15, 0.2) is 24.3 Å². The van der Waals surface area contributed by atoms with Crippen molar-refractivity contribution in [2.45, 2.75) is 217 Å². The van der Waals surface area contributed by atoms with Gasteiger partial charge in [-0.1, -0.05) is 53.7 Å². The van der Waals surface area contributed by atoms with Crippen molar-refractivity contribution >= 4 is 118 Å². The van der Waals surface area contributed by atoms with Crippen LogP contribution in [0.5, 0.6) is 5.75 Å². The zero-order chi connectivity index (χ0) is 81.7. The first-order valence-electron chi connectivity index (χ1n) is 34.1. The van der Waals surface area contributed by atoms with Crippen molar-refractivity contribution in [2.75, 3.05) is 25.2 Å². The molecule has 42 heteroatoms. The number of phenols is 1. The standard InChI is InChI=1S/C65H105N17O24S/c1-29(2)21-39(57(97)72-37(16-17-49(89)90)55(95)73-38(18-20-107-8)56(96)76-41(25-47(69)87)59(99)80-45(28-83)62(102)79-44(65(105)106)22-30(3)4)75-58(98)40(23-33-12-14-34(85)15-13-33)78-63(103)51(31(5)6)81-64(104)52(32(7)84)82-61(101)42(26-48(70)88)77-54(94)36(11-9-10-19-66)71-60(100)43(27-50(91)92)74-53(93)35(67)24-46(68)86/h12-15,29-32,35-45,51-52,83-85H,9-11,16-28,66-67H2,1-8H3,(H2,68,86)(H2,69,87)(H2,70,88)(H,71,100)(H,72,97)(H,73,95)(H,74,93)(H,75,98)(H,76,96)(H,77,94)(H,78,103)(H,79,102)(H,80,99)(H,81,104)(H,82,101)(H,89,90)(H,91,92)(H,105,106)/t32-,35+,36+,37+,38+,39+,40+,41+,42+,43+,44+,45+,51+,52+/m1/s1. The van der Waals surface area contributed by atoms with Gasteiger partial charge in [-0.15, -0.1) is 0 Å². The third-order valence-electron chi connectivity index (χ3n) is 15.7. The molecule has 600 valence electrons. The fourth-order valence-corrected chi connectivity index (χ4v) is 10.6. The Kier molecular flexibility index (Phi) is 42.5. The third-order valence-corrected chi connectivity index (χ3v) is 16.4. The Balaban J connectivity index is 3.73. The first kappa shape index (κ1) is 94.7. The van der Waals surface area contributed by atoms with Crippen molar-refractivity contribution in [1.29, 1.82) is 0 Å². The fraction of sp³-hybridized carbons (Fsp3) is 0.631. The number of nitrogens with one attached hydrogen (secondary N) is 12. The summed E-state index contributed by atoms with van der Waals surface area (Å²) in [6.45, 7) is 9.56. The highest BCUT2D eigenvalue weighted by Crippen LogP contribution is 2.16. The molecule has 0 radical (unpaired) electrons. The summed E-state index contributed by atoms with van der Waals surface area (Å²) in [6, 6.07) is -17.5. The topological polar surface area (TPSA) is 703 Å². The van der Waals surface area contributed by atoms with Crippen LogP contribution in [0, 0.1) is 17.8 Å². The second-order valence-corrected chi connectivity index (χ2v) is 27.4. The molecule has 28 N–H and O–H groups in total. The number of aliphatic hydroxyl groups is 2. The Labute approximate surface area is 620 Å². The molecule has 0 aromatic heterocycles. The summed E-state index contributed by atoms with van der Waals surface area (Å²) in [6.07, 6.45) is -6.02. The van der Waals surface area contributed by atoms with Crippen molar-refractivity contribution < 1.29 is 117 Å². The fourth-order valence-electron chi connectivity index (χ4n) is 10.1. The number of nitrogens with two attached hydrogens (primary N) is 5. The maximum atomic E-state index is 14.7. The van der Waals surface area contributed by atoms with E-state index in [0.29, 0.717) is 5.56 Å². The molecule has 1 aromatic rings. The highest BCUT2D eigenvalue weighted by molar-refractivity contribution is 7.98. The van der Waals surface area contributed by atoms with Gasteiger partial charge >= 0.3 is 17.9 Å². The van der Waals surface area contributed by atoms with Crippen LogP contribution in [-0.2, 0) is 92.7 Å². The molecule has 0 fully saturated rings. The van der Waals surface area contributed by atoms with E-state index in [2.05, 4.69) is 63.8 Å². The molecule has 1 aromatic carbocycles. The number of carbonyl (C=O) groups excluding carboxylic acids is 15. The number of amides is 15. The van der Waals surface area contributed by atoms with Gasteiger partial charge in [0.2, 0.25) is 88.6 Å². The molecule has 107 heavy (non-hydrogen) atoms. The van der Waals surface area contributed by atoms with E-state index in [9.17, 15) is 117 Å². The van der Waals surface area contributed by atoms with Crippen molar-refractivity contribution in [3.05, 3.63) is 29.8 Å². The molecule has 0 aliphatic heterocycles. The van der Waals surface area contributed by atoms with Crippen LogP contribution in [0.25, 0.3) is 0 Å². The highest BCUT2D eigenvalue weighted by Gasteiger charge is 2.40. The van der Waals surface area contributed by atoms with Gasteiger partial charge in [0.05, 0.1) is 44.4 Å². The summed E-state index contributed by atoms with van der Waals surface area (Å²) in [4.78, 5) is 239. The molecule has 15 amide bonds. The van der Waals surface area contributed by atoms with E-state index < -0.39 is 255 Å². The first-order chi connectivity index (χ1) is 49.9. The number of phenolic OH excluding ortho intramolecular Hbond substituents is 1. The number of carbonyl (C=O) groups is 18. The molecule has 1 rings (SSSR count). The Bertz CT molecular complexity index is 3270. The molecule has 0 bridgehead atoms. The number of aliphatic hydroxyl groups excluding tert-OH is 2. The molecule has 0 saturated carbocycles. The maximum absolute atomic E-state index is 14.7. The monoisotopic (exact) mass is 1540 g/mol. The number of aliphatic carboxylic acids is 3. The summed E-state index contributed by atoms with van der Waals surface area (Å²) in [5.74, 6) is -23.7. The molecule has 14 atom stereocenters. The molecule has 0 aliphatic rings. The molecular formula is C65H105N17O24S. The van der Waals surface area contributed by atoms with Crippen LogP contribution >= 0.6 is 11.8 Å². The van der Waals surface area contributed by atoms with Gasteiger partial charge in [0.1, 0.15) is 78.3 Å². The maximum Gasteiger partial charge on any atom is 0.326 e. The normalized spacial score (nSPS) is 15.1. The molecule has 0 spiro atoms. The van der Waals surface area contributed by atoms with Crippen LogP contribution in [0.2, 0.25) is 0 Å². The predicted octanol–water partition coefficient (Wildman–Crippen LogP) is -7.87. The number of hydrogen-bond donors (Lipinski definition) is 23. The average Bonchev–Trinajstić information content (AvgIpc) is 0.789. The largest absolute Gasteiger partial charge is 0.508 e. The van der Waals surface area contributed by atoms with Crippen LogP contribution in [0.3, 0.4) is 0 Å². The van der Waals surface area contributed by atoms with E-state index in [1.54, 1.807) is 34.0 Å². The molecule has 0 saturated heterocycles. The summed E-state index contributed by atoms with van der Waals surface area (Å²) in [5, 5.41) is 87.7. The minimum Gasteiger partial charge on any atom is -0.508 e. The Morgan fingerprint density at radius 2 is 0.794 bits per heavy atom. The predicted molar refractivity (Wildman–Crippen MR) is 380 cm³/mol. The smallest absolute Gasteiger partial charge is 0.326 e. The van der Waals surface area contributed by atoms with Crippen molar-refractivity contribution in [1.82, 2.24) is 63.8 Å². The number of benzene rings is 1. The van der Waals surface area contributed by atoms with E-state index in [1.807, 2.05) is 0 Å². The number of carboxylic acid groups (broad SMARTS) is 3. The number of aromatic hydroxyl groups is 1. The van der Waals surface area contributed by atoms with Gasteiger partial charge in [0, 0.05) is 12.8 Å². The zero-order valence-corrected chi connectivity index (χ0v) is 61.6. The highest BCUT2D eigenvalue weighted by atomic mass is 32.2. The number of thioether (sulfide) groups is 1. The lowest BCUT2D eigenvalue weighted by atomic mass is 9.98.